The molecule has 1 fully saturated rings. The van der Waals surface area contributed by atoms with Gasteiger partial charge in [-0.05, 0) is 25.8 Å². The standard InChI is InChI=1S/C15H21NO3/c1-14(2)8-11(13(17)19-15(14,3)4)10-6-7-12(18-5)16-9-10/h6-7,9,11H,8H2,1-5H3. The van der Waals surface area contributed by atoms with Gasteiger partial charge in [-0.2, -0.15) is 0 Å². The first-order chi connectivity index (χ1) is 8.77. The van der Waals surface area contributed by atoms with Crippen molar-refractivity contribution >= 4 is 5.97 Å². The Bertz CT molecular complexity index is 477. The molecule has 1 unspecified atom stereocenters. The number of methoxy groups -OCH3 is 1. The van der Waals surface area contributed by atoms with Crippen LogP contribution in [0.4, 0.5) is 0 Å². The molecule has 1 saturated heterocycles. The molecule has 0 bridgehead atoms. The molecule has 0 N–H and O–H groups in total. The zero-order valence-electron chi connectivity index (χ0n) is 12.2. The van der Waals surface area contributed by atoms with Crippen molar-refractivity contribution in [3.8, 4) is 5.88 Å². The predicted molar refractivity (Wildman–Crippen MR) is 72.1 cm³/mol. The van der Waals surface area contributed by atoms with Crippen molar-refractivity contribution in [2.45, 2.75) is 45.6 Å². The third-order valence-electron chi connectivity index (χ3n) is 4.36. The molecule has 1 aliphatic heterocycles. The second kappa shape index (κ2) is 4.51. The number of aromatic nitrogens is 1. The lowest BCUT2D eigenvalue weighted by Crippen LogP contribution is -2.50. The number of hydrogen-bond acceptors (Lipinski definition) is 4. The Hall–Kier alpha value is -1.58. The quantitative estimate of drug-likeness (QED) is 0.770. The topological polar surface area (TPSA) is 48.4 Å². The highest BCUT2D eigenvalue weighted by Gasteiger charge is 2.48. The van der Waals surface area contributed by atoms with Crippen molar-refractivity contribution in [3.63, 3.8) is 0 Å². The first kappa shape index (κ1) is 13.8. The fourth-order valence-corrected chi connectivity index (χ4v) is 2.27. The largest absolute Gasteiger partial charge is 0.481 e. The van der Waals surface area contributed by atoms with Crippen molar-refractivity contribution in [2.24, 2.45) is 5.41 Å². The molecule has 1 aromatic rings. The van der Waals surface area contributed by atoms with E-state index < -0.39 is 5.60 Å². The lowest BCUT2D eigenvalue weighted by Gasteiger charge is -2.47. The van der Waals surface area contributed by atoms with Gasteiger partial charge in [-0.15, -0.1) is 0 Å². The number of cyclic esters (lactones) is 1. The number of hydrogen-bond donors (Lipinski definition) is 0. The molecule has 1 atom stereocenters. The van der Waals surface area contributed by atoms with Gasteiger partial charge in [0.05, 0.1) is 13.0 Å². The molecule has 2 rings (SSSR count). The van der Waals surface area contributed by atoms with Gasteiger partial charge in [0.1, 0.15) is 5.60 Å². The predicted octanol–water partition coefficient (Wildman–Crippen LogP) is 2.93. The van der Waals surface area contributed by atoms with E-state index in [4.69, 9.17) is 9.47 Å². The van der Waals surface area contributed by atoms with Gasteiger partial charge < -0.3 is 9.47 Å². The summed E-state index contributed by atoms with van der Waals surface area (Å²) >= 11 is 0. The molecule has 0 saturated carbocycles. The van der Waals surface area contributed by atoms with Gasteiger partial charge in [-0.25, -0.2) is 4.98 Å². The van der Waals surface area contributed by atoms with Gasteiger partial charge in [-0.1, -0.05) is 19.9 Å². The third-order valence-corrected chi connectivity index (χ3v) is 4.36. The number of rotatable bonds is 2. The number of carbonyl (C=O) groups is 1. The Balaban J connectivity index is 2.27. The van der Waals surface area contributed by atoms with Crippen LogP contribution in [-0.2, 0) is 9.53 Å². The van der Waals surface area contributed by atoms with Crippen LogP contribution in [-0.4, -0.2) is 23.7 Å². The minimum atomic E-state index is -0.444. The van der Waals surface area contributed by atoms with E-state index in [1.807, 2.05) is 19.9 Å². The molecule has 4 nitrogen and oxygen atoms in total. The Kier molecular flexibility index (Phi) is 3.29. The van der Waals surface area contributed by atoms with Crippen LogP contribution in [0.15, 0.2) is 18.3 Å². The molecule has 1 aliphatic rings. The van der Waals surface area contributed by atoms with Crippen LogP contribution in [0.25, 0.3) is 0 Å². The van der Waals surface area contributed by atoms with E-state index in [1.165, 1.54) is 0 Å². The minimum absolute atomic E-state index is 0.0779. The maximum absolute atomic E-state index is 12.2. The Morgan fingerprint density at radius 2 is 2.00 bits per heavy atom. The van der Waals surface area contributed by atoms with Crippen LogP contribution >= 0.6 is 0 Å². The summed E-state index contributed by atoms with van der Waals surface area (Å²) in [7, 11) is 1.57. The second-order valence-electron chi connectivity index (χ2n) is 6.21. The maximum atomic E-state index is 12.2. The van der Waals surface area contributed by atoms with E-state index in [2.05, 4.69) is 18.8 Å². The molecule has 2 heterocycles. The van der Waals surface area contributed by atoms with Gasteiger partial charge in [-0.3, -0.25) is 4.79 Å². The van der Waals surface area contributed by atoms with Crippen LogP contribution < -0.4 is 4.74 Å². The highest BCUT2D eigenvalue weighted by Crippen LogP contribution is 2.47. The van der Waals surface area contributed by atoms with Gasteiger partial charge >= 0.3 is 5.97 Å². The molecule has 0 aromatic carbocycles. The summed E-state index contributed by atoms with van der Waals surface area (Å²) in [5.74, 6) is 0.130. The molecule has 0 aliphatic carbocycles. The Labute approximate surface area is 114 Å². The summed E-state index contributed by atoms with van der Waals surface area (Å²) in [6, 6.07) is 3.65. The SMILES string of the molecule is COc1ccc(C2CC(C)(C)C(C)(C)OC2=O)cn1. The fraction of sp³-hybridized carbons (Fsp3) is 0.600. The molecule has 4 heteroatoms. The minimum Gasteiger partial charge on any atom is -0.481 e. The van der Waals surface area contributed by atoms with E-state index >= 15 is 0 Å². The number of ether oxygens (including phenoxy) is 2. The molecule has 0 spiro atoms. The number of carbonyl (C=O) groups excluding carboxylic acids is 1. The number of esters is 1. The van der Waals surface area contributed by atoms with Crippen LogP contribution in [0.1, 0.15) is 45.6 Å². The highest BCUT2D eigenvalue weighted by atomic mass is 16.6. The van der Waals surface area contributed by atoms with Crippen LogP contribution in [0, 0.1) is 5.41 Å². The third kappa shape index (κ3) is 2.44. The smallest absolute Gasteiger partial charge is 0.314 e. The van der Waals surface area contributed by atoms with Crippen molar-refractivity contribution < 1.29 is 14.3 Å². The number of nitrogens with zero attached hydrogens (tertiary/aromatic N) is 1. The summed E-state index contributed by atoms with van der Waals surface area (Å²) < 4.78 is 10.6. The van der Waals surface area contributed by atoms with Gasteiger partial charge in [0.15, 0.2) is 0 Å². The Morgan fingerprint density at radius 1 is 1.32 bits per heavy atom. The summed E-state index contributed by atoms with van der Waals surface area (Å²) in [6.07, 6.45) is 2.45. The Morgan fingerprint density at radius 3 is 2.53 bits per heavy atom. The monoisotopic (exact) mass is 263 g/mol. The average molecular weight is 263 g/mol. The van der Waals surface area contributed by atoms with E-state index in [-0.39, 0.29) is 17.3 Å². The highest BCUT2D eigenvalue weighted by molar-refractivity contribution is 5.79. The molecule has 0 amide bonds. The van der Waals surface area contributed by atoms with Crippen molar-refractivity contribution in [1.82, 2.24) is 4.98 Å². The molecular formula is C15H21NO3. The van der Waals surface area contributed by atoms with E-state index in [0.29, 0.717) is 5.88 Å². The lowest BCUT2D eigenvalue weighted by atomic mass is 9.68. The zero-order chi connectivity index (χ0) is 14.3. The van der Waals surface area contributed by atoms with Crippen LogP contribution in [0.3, 0.4) is 0 Å². The normalized spacial score (nSPS) is 24.7. The lowest BCUT2D eigenvalue weighted by molar-refractivity contribution is -0.184. The van der Waals surface area contributed by atoms with Gasteiger partial charge in [0.25, 0.3) is 0 Å². The first-order valence-corrected chi connectivity index (χ1v) is 6.50. The van der Waals surface area contributed by atoms with Crippen LogP contribution in [0.5, 0.6) is 5.88 Å². The maximum Gasteiger partial charge on any atom is 0.314 e. The van der Waals surface area contributed by atoms with Crippen LogP contribution in [0.2, 0.25) is 0 Å². The summed E-state index contributed by atoms with van der Waals surface area (Å²) in [5.41, 5.74) is 0.362. The zero-order valence-corrected chi connectivity index (χ0v) is 12.2. The van der Waals surface area contributed by atoms with E-state index in [1.54, 1.807) is 19.4 Å². The molecule has 0 radical (unpaired) electrons. The summed E-state index contributed by atoms with van der Waals surface area (Å²) in [5, 5.41) is 0. The molecular weight excluding hydrogens is 242 g/mol. The number of pyridine rings is 1. The molecule has 1 aromatic heterocycles. The van der Waals surface area contributed by atoms with Crippen molar-refractivity contribution in [3.05, 3.63) is 23.9 Å². The van der Waals surface area contributed by atoms with Crippen molar-refractivity contribution in [2.75, 3.05) is 7.11 Å². The first-order valence-electron chi connectivity index (χ1n) is 6.50. The van der Waals surface area contributed by atoms with Gasteiger partial charge in [0, 0.05) is 17.7 Å². The molecule has 19 heavy (non-hydrogen) atoms. The van der Waals surface area contributed by atoms with E-state index in [0.717, 1.165) is 12.0 Å². The summed E-state index contributed by atoms with van der Waals surface area (Å²) in [6.45, 7) is 8.19. The summed E-state index contributed by atoms with van der Waals surface area (Å²) in [4.78, 5) is 16.3. The second-order valence-corrected chi connectivity index (χ2v) is 6.21. The fourth-order valence-electron chi connectivity index (χ4n) is 2.27. The molecule has 104 valence electrons. The van der Waals surface area contributed by atoms with Crippen molar-refractivity contribution in [1.29, 1.82) is 0 Å². The average Bonchev–Trinajstić information content (AvgIpc) is 2.34. The van der Waals surface area contributed by atoms with E-state index in [9.17, 15) is 4.79 Å². The van der Waals surface area contributed by atoms with Gasteiger partial charge in [0.2, 0.25) is 5.88 Å².